The third-order valence-electron chi connectivity index (χ3n) is 2.84. The maximum absolute atomic E-state index is 8.93. The summed E-state index contributed by atoms with van der Waals surface area (Å²) in [6, 6.07) is 0.532. The third-order valence-corrected chi connectivity index (χ3v) is 2.84. The van der Waals surface area contributed by atoms with Crippen LogP contribution in [0.2, 0.25) is 0 Å². The van der Waals surface area contributed by atoms with Crippen LogP contribution in [0.1, 0.15) is 19.3 Å². The van der Waals surface area contributed by atoms with Crippen molar-refractivity contribution in [2.45, 2.75) is 25.3 Å². The van der Waals surface area contributed by atoms with E-state index in [1.54, 1.807) is 0 Å². The summed E-state index contributed by atoms with van der Waals surface area (Å²) in [5, 5.41) is 21.2. The molecule has 4 heteroatoms. The van der Waals surface area contributed by atoms with E-state index in [0.29, 0.717) is 19.1 Å². The Labute approximate surface area is 85.9 Å². The van der Waals surface area contributed by atoms with Crippen molar-refractivity contribution in [1.29, 1.82) is 0 Å². The van der Waals surface area contributed by atoms with Crippen LogP contribution in [0, 0.1) is 0 Å². The Morgan fingerprint density at radius 2 is 1.79 bits per heavy atom. The first-order chi connectivity index (χ1) is 6.88. The Balaban J connectivity index is 2.38. The molecular formula is C10H22N2O2. The summed E-state index contributed by atoms with van der Waals surface area (Å²) >= 11 is 0. The number of hydrogen-bond acceptors (Lipinski definition) is 4. The van der Waals surface area contributed by atoms with Crippen molar-refractivity contribution in [2.24, 2.45) is 0 Å². The van der Waals surface area contributed by atoms with Crippen LogP contribution in [-0.2, 0) is 0 Å². The molecular weight excluding hydrogens is 180 g/mol. The second-order valence-electron chi connectivity index (χ2n) is 3.82. The van der Waals surface area contributed by atoms with Gasteiger partial charge in [0.25, 0.3) is 0 Å². The first kappa shape index (κ1) is 11.9. The number of hydrogen-bond donors (Lipinski definition) is 3. The molecule has 1 aliphatic heterocycles. The normalized spacial score (nSPS) is 23.8. The highest BCUT2D eigenvalue weighted by Crippen LogP contribution is 2.12. The Morgan fingerprint density at radius 3 is 2.43 bits per heavy atom. The molecule has 0 bridgehead atoms. The molecule has 1 heterocycles. The SMILES string of the molecule is OCCN(CCO)[C@H]1CCCNCC1. The molecule has 0 amide bonds. The summed E-state index contributed by atoms with van der Waals surface area (Å²) in [7, 11) is 0. The van der Waals surface area contributed by atoms with E-state index in [-0.39, 0.29) is 13.2 Å². The van der Waals surface area contributed by atoms with Crippen molar-refractivity contribution in [3.8, 4) is 0 Å². The zero-order valence-corrected chi connectivity index (χ0v) is 8.78. The van der Waals surface area contributed by atoms with E-state index in [0.717, 1.165) is 19.5 Å². The predicted molar refractivity (Wildman–Crippen MR) is 56.3 cm³/mol. The highest BCUT2D eigenvalue weighted by molar-refractivity contribution is 4.75. The van der Waals surface area contributed by atoms with Gasteiger partial charge in [0, 0.05) is 19.1 Å². The molecule has 0 aromatic carbocycles. The van der Waals surface area contributed by atoms with Gasteiger partial charge < -0.3 is 15.5 Å². The molecule has 0 unspecified atom stereocenters. The van der Waals surface area contributed by atoms with E-state index in [2.05, 4.69) is 10.2 Å². The van der Waals surface area contributed by atoms with E-state index >= 15 is 0 Å². The summed E-state index contributed by atoms with van der Waals surface area (Å²) in [4.78, 5) is 2.20. The summed E-state index contributed by atoms with van der Waals surface area (Å²) in [5.74, 6) is 0. The van der Waals surface area contributed by atoms with Crippen LogP contribution >= 0.6 is 0 Å². The van der Waals surface area contributed by atoms with Crippen molar-refractivity contribution in [1.82, 2.24) is 10.2 Å². The maximum Gasteiger partial charge on any atom is 0.0558 e. The molecule has 1 fully saturated rings. The van der Waals surface area contributed by atoms with Crippen molar-refractivity contribution >= 4 is 0 Å². The topological polar surface area (TPSA) is 55.7 Å². The molecule has 1 aliphatic rings. The zero-order chi connectivity index (χ0) is 10.2. The Bertz CT molecular complexity index is 130. The second-order valence-corrected chi connectivity index (χ2v) is 3.82. The van der Waals surface area contributed by atoms with Gasteiger partial charge in [-0.1, -0.05) is 0 Å². The van der Waals surface area contributed by atoms with Gasteiger partial charge in [-0.2, -0.15) is 0 Å². The summed E-state index contributed by atoms with van der Waals surface area (Å²) < 4.78 is 0. The van der Waals surface area contributed by atoms with E-state index < -0.39 is 0 Å². The Kier molecular flexibility index (Phi) is 6.10. The van der Waals surface area contributed by atoms with Gasteiger partial charge in [-0.15, -0.1) is 0 Å². The largest absolute Gasteiger partial charge is 0.395 e. The van der Waals surface area contributed by atoms with Crippen molar-refractivity contribution in [3.63, 3.8) is 0 Å². The van der Waals surface area contributed by atoms with Crippen LogP contribution in [0.3, 0.4) is 0 Å². The van der Waals surface area contributed by atoms with Crippen LogP contribution in [0.25, 0.3) is 0 Å². The lowest BCUT2D eigenvalue weighted by Gasteiger charge is -2.29. The molecule has 0 saturated carbocycles. The van der Waals surface area contributed by atoms with E-state index in [1.165, 1.54) is 12.8 Å². The fraction of sp³-hybridized carbons (Fsp3) is 1.00. The number of nitrogens with zero attached hydrogens (tertiary/aromatic N) is 1. The number of nitrogens with one attached hydrogen (secondary N) is 1. The quantitative estimate of drug-likeness (QED) is 0.558. The number of aliphatic hydroxyl groups excluding tert-OH is 2. The van der Waals surface area contributed by atoms with Gasteiger partial charge in [-0.05, 0) is 32.4 Å². The van der Waals surface area contributed by atoms with Gasteiger partial charge in [-0.3, -0.25) is 4.90 Å². The van der Waals surface area contributed by atoms with Crippen LogP contribution < -0.4 is 5.32 Å². The highest BCUT2D eigenvalue weighted by atomic mass is 16.3. The molecule has 0 aromatic heterocycles. The smallest absolute Gasteiger partial charge is 0.0558 e. The van der Waals surface area contributed by atoms with Gasteiger partial charge in [0.2, 0.25) is 0 Å². The molecule has 1 saturated heterocycles. The molecule has 1 atom stereocenters. The second kappa shape index (κ2) is 7.17. The molecule has 0 aromatic rings. The van der Waals surface area contributed by atoms with Gasteiger partial charge in [0.05, 0.1) is 13.2 Å². The molecule has 14 heavy (non-hydrogen) atoms. The lowest BCUT2D eigenvalue weighted by atomic mass is 10.1. The van der Waals surface area contributed by atoms with Crippen LogP contribution in [-0.4, -0.2) is 60.5 Å². The van der Waals surface area contributed by atoms with Crippen molar-refractivity contribution < 1.29 is 10.2 Å². The molecule has 0 radical (unpaired) electrons. The van der Waals surface area contributed by atoms with E-state index in [1.807, 2.05) is 0 Å². The molecule has 0 spiro atoms. The van der Waals surface area contributed by atoms with Crippen molar-refractivity contribution in [3.05, 3.63) is 0 Å². The monoisotopic (exact) mass is 202 g/mol. The fourth-order valence-electron chi connectivity index (χ4n) is 2.10. The predicted octanol–water partition coefficient (Wildman–Crippen LogP) is -0.585. The minimum Gasteiger partial charge on any atom is -0.395 e. The van der Waals surface area contributed by atoms with Gasteiger partial charge >= 0.3 is 0 Å². The van der Waals surface area contributed by atoms with E-state index in [4.69, 9.17) is 10.2 Å². The Hall–Kier alpha value is -0.160. The van der Waals surface area contributed by atoms with Crippen molar-refractivity contribution in [2.75, 3.05) is 39.4 Å². The number of aliphatic hydroxyl groups is 2. The first-order valence-corrected chi connectivity index (χ1v) is 5.55. The highest BCUT2D eigenvalue weighted by Gasteiger charge is 2.18. The van der Waals surface area contributed by atoms with Crippen LogP contribution in [0.5, 0.6) is 0 Å². The zero-order valence-electron chi connectivity index (χ0n) is 8.78. The minimum absolute atomic E-state index is 0.184. The molecule has 1 rings (SSSR count). The minimum atomic E-state index is 0.184. The van der Waals surface area contributed by atoms with Crippen LogP contribution in [0.15, 0.2) is 0 Å². The lowest BCUT2D eigenvalue weighted by Crippen LogP contribution is -2.39. The average Bonchev–Trinajstić information content (AvgIpc) is 2.45. The third kappa shape index (κ3) is 3.92. The number of rotatable bonds is 5. The molecule has 0 aliphatic carbocycles. The maximum atomic E-state index is 8.93. The average molecular weight is 202 g/mol. The summed E-state index contributed by atoms with van der Waals surface area (Å²) in [6.45, 7) is 3.89. The standard InChI is InChI=1S/C10H22N2O2/c13-8-6-12(7-9-14)10-2-1-4-11-5-3-10/h10-11,13-14H,1-9H2/t10-/m0/s1. The van der Waals surface area contributed by atoms with Gasteiger partial charge in [0.15, 0.2) is 0 Å². The van der Waals surface area contributed by atoms with E-state index in [9.17, 15) is 0 Å². The lowest BCUT2D eigenvalue weighted by molar-refractivity contribution is 0.115. The molecule has 84 valence electrons. The summed E-state index contributed by atoms with van der Waals surface area (Å²) in [5.41, 5.74) is 0. The van der Waals surface area contributed by atoms with Gasteiger partial charge in [-0.25, -0.2) is 0 Å². The molecule has 4 nitrogen and oxygen atoms in total. The summed E-state index contributed by atoms with van der Waals surface area (Å²) in [6.07, 6.45) is 3.49. The fourth-order valence-corrected chi connectivity index (χ4v) is 2.10. The van der Waals surface area contributed by atoms with Gasteiger partial charge in [0.1, 0.15) is 0 Å². The Morgan fingerprint density at radius 1 is 1.07 bits per heavy atom. The van der Waals surface area contributed by atoms with Crippen LogP contribution in [0.4, 0.5) is 0 Å². The first-order valence-electron chi connectivity index (χ1n) is 5.55. The molecule has 3 N–H and O–H groups in total.